The minimum absolute atomic E-state index is 0.0620. The number of benzene rings is 2. The molecule has 1 saturated carbocycles. The van der Waals surface area contributed by atoms with Gasteiger partial charge in [0.2, 0.25) is 0 Å². The van der Waals surface area contributed by atoms with Gasteiger partial charge in [-0.25, -0.2) is 17.5 Å². The van der Waals surface area contributed by atoms with Crippen molar-refractivity contribution in [2.45, 2.75) is 51.6 Å². The average Bonchev–Trinajstić information content (AvgIpc) is 3.37. The Hall–Kier alpha value is -3.55. The van der Waals surface area contributed by atoms with Gasteiger partial charge < -0.3 is 10.0 Å². The quantitative estimate of drug-likeness (QED) is 0.408. The molecule has 0 bridgehead atoms. The first-order chi connectivity index (χ1) is 19.7. The number of anilines is 1. The number of aromatic nitrogens is 2. The third-order valence-electron chi connectivity index (χ3n) is 8.35. The van der Waals surface area contributed by atoms with Gasteiger partial charge in [-0.2, -0.15) is 10.4 Å². The predicted octanol–water partition coefficient (Wildman–Crippen LogP) is 4.80. The van der Waals surface area contributed by atoms with E-state index < -0.39 is 9.84 Å². The van der Waals surface area contributed by atoms with E-state index in [0.29, 0.717) is 24.5 Å². The molecule has 8 nitrogen and oxygen atoms in total. The van der Waals surface area contributed by atoms with Crippen LogP contribution in [-0.4, -0.2) is 53.7 Å². The second kappa shape index (κ2) is 12.1. The first kappa shape index (κ1) is 29.0. The van der Waals surface area contributed by atoms with E-state index in [4.69, 9.17) is 5.10 Å². The first-order valence-corrected chi connectivity index (χ1v) is 16.0. The standard InChI is InChI=1S/C31H35FN4O4S/c1-21(19-33)18-29(38)26-4-2-3-5-27(26)31-30(28(20-37)36(34-31)25-12-8-23(32)9-13-25)22-6-10-24(11-7-22)35-14-16-41(39,40)17-15-35/h6-13,21,26-27,37H,2-5,14-18,20H2,1H3/t21-,26-,27-/m1/s1. The van der Waals surface area contributed by atoms with Crippen LogP contribution in [0, 0.1) is 29.0 Å². The Labute approximate surface area is 240 Å². The molecule has 1 aromatic heterocycles. The second-order valence-corrected chi connectivity index (χ2v) is 13.4. The van der Waals surface area contributed by atoms with Crippen molar-refractivity contribution < 1.29 is 22.7 Å². The van der Waals surface area contributed by atoms with E-state index in [-0.39, 0.29) is 53.9 Å². The van der Waals surface area contributed by atoms with Crippen LogP contribution < -0.4 is 4.90 Å². The zero-order valence-corrected chi connectivity index (χ0v) is 24.0. The summed E-state index contributed by atoms with van der Waals surface area (Å²) in [6.45, 7) is 2.31. The van der Waals surface area contributed by atoms with Gasteiger partial charge in [-0.05, 0) is 61.7 Å². The third kappa shape index (κ3) is 6.21. The fourth-order valence-electron chi connectivity index (χ4n) is 6.14. The SMILES string of the molecule is C[C@@H](C#N)CC(=O)[C@@H]1CCCC[C@H]1c1nn(-c2ccc(F)cc2)c(CO)c1-c1ccc(N2CCS(=O)(=O)CC2)cc1. The normalized spacial score (nSPS) is 21.3. The molecule has 0 unspecified atom stereocenters. The highest BCUT2D eigenvalue weighted by Gasteiger charge is 2.37. The summed E-state index contributed by atoms with van der Waals surface area (Å²) < 4.78 is 39.2. The molecule has 1 N–H and O–H groups in total. The summed E-state index contributed by atoms with van der Waals surface area (Å²) in [5, 5.41) is 24.9. The van der Waals surface area contributed by atoms with Crippen molar-refractivity contribution in [2.24, 2.45) is 11.8 Å². The number of aliphatic hydroxyl groups excluding tert-OH is 1. The number of nitrogens with zero attached hydrogens (tertiary/aromatic N) is 4. The highest BCUT2D eigenvalue weighted by Crippen LogP contribution is 2.44. The number of carbonyl (C=O) groups excluding carboxylic acids is 1. The van der Waals surface area contributed by atoms with Crippen LogP contribution in [0.5, 0.6) is 0 Å². The molecule has 3 aromatic rings. The predicted molar refractivity (Wildman–Crippen MR) is 155 cm³/mol. The molecule has 2 aromatic carbocycles. The number of carbonyl (C=O) groups is 1. The Morgan fingerprint density at radius 3 is 2.34 bits per heavy atom. The zero-order chi connectivity index (χ0) is 29.1. The molecular weight excluding hydrogens is 543 g/mol. The lowest BCUT2D eigenvalue weighted by Gasteiger charge is -2.31. The van der Waals surface area contributed by atoms with Crippen LogP contribution in [0.1, 0.15) is 56.3 Å². The Balaban J connectivity index is 1.58. The Bertz CT molecular complexity index is 1530. The smallest absolute Gasteiger partial charge is 0.153 e. The molecule has 0 spiro atoms. The number of rotatable bonds is 8. The summed E-state index contributed by atoms with van der Waals surface area (Å²) in [6.07, 6.45) is 3.54. The molecule has 5 rings (SSSR count). The first-order valence-electron chi connectivity index (χ1n) is 14.2. The fourth-order valence-corrected chi connectivity index (χ4v) is 7.34. The van der Waals surface area contributed by atoms with E-state index in [0.717, 1.165) is 48.2 Å². The van der Waals surface area contributed by atoms with E-state index in [9.17, 15) is 28.0 Å². The maximum Gasteiger partial charge on any atom is 0.153 e. The monoisotopic (exact) mass is 578 g/mol. The molecule has 216 valence electrons. The highest BCUT2D eigenvalue weighted by molar-refractivity contribution is 7.91. The number of ketones is 1. The molecule has 0 radical (unpaired) electrons. The molecule has 1 saturated heterocycles. The maximum absolute atomic E-state index is 13.8. The van der Waals surface area contributed by atoms with Gasteiger partial charge in [0.1, 0.15) is 11.6 Å². The van der Waals surface area contributed by atoms with Gasteiger partial charge in [-0.1, -0.05) is 25.0 Å². The van der Waals surface area contributed by atoms with Crippen molar-refractivity contribution in [1.29, 1.82) is 5.26 Å². The number of hydrogen-bond acceptors (Lipinski definition) is 7. The summed E-state index contributed by atoms with van der Waals surface area (Å²) in [7, 11) is -3.00. The minimum atomic E-state index is -3.00. The van der Waals surface area contributed by atoms with Crippen LogP contribution in [0.3, 0.4) is 0 Å². The molecule has 1 aliphatic carbocycles. The van der Waals surface area contributed by atoms with Gasteiger partial charge in [0.15, 0.2) is 9.84 Å². The van der Waals surface area contributed by atoms with Crippen molar-refractivity contribution in [3.8, 4) is 22.9 Å². The third-order valence-corrected chi connectivity index (χ3v) is 9.96. The van der Waals surface area contributed by atoms with E-state index in [1.807, 2.05) is 29.2 Å². The molecule has 2 aliphatic rings. The lowest BCUT2D eigenvalue weighted by molar-refractivity contribution is -0.125. The van der Waals surface area contributed by atoms with E-state index in [2.05, 4.69) is 6.07 Å². The van der Waals surface area contributed by atoms with Gasteiger partial charge in [0, 0.05) is 42.6 Å². The minimum Gasteiger partial charge on any atom is -0.390 e. The van der Waals surface area contributed by atoms with E-state index in [1.54, 1.807) is 23.7 Å². The summed E-state index contributed by atoms with van der Waals surface area (Å²) in [5.41, 5.74) is 4.36. The van der Waals surface area contributed by atoms with Crippen molar-refractivity contribution >= 4 is 21.3 Å². The van der Waals surface area contributed by atoms with Gasteiger partial charge in [-0.3, -0.25) is 4.79 Å². The largest absolute Gasteiger partial charge is 0.390 e. The number of sulfone groups is 1. The average molecular weight is 579 g/mol. The van der Waals surface area contributed by atoms with Crippen LogP contribution in [0.25, 0.3) is 16.8 Å². The molecule has 0 amide bonds. The number of Topliss-reactive ketones (excluding diaryl/α,β-unsaturated/α-hetero) is 1. The lowest BCUT2D eigenvalue weighted by atomic mass is 9.72. The molecule has 10 heteroatoms. The molecule has 1 aliphatic heterocycles. The highest BCUT2D eigenvalue weighted by atomic mass is 32.2. The number of hydrogen-bond donors (Lipinski definition) is 1. The number of nitriles is 1. The molecule has 2 heterocycles. The van der Waals surface area contributed by atoms with Crippen LogP contribution in [0.15, 0.2) is 48.5 Å². The zero-order valence-electron chi connectivity index (χ0n) is 23.2. The van der Waals surface area contributed by atoms with Crippen molar-refractivity contribution in [3.05, 3.63) is 65.7 Å². The number of aliphatic hydroxyl groups is 1. The summed E-state index contributed by atoms with van der Waals surface area (Å²) in [5.74, 6) is -0.901. The molecule has 3 atom stereocenters. The Morgan fingerprint density at radius 1 is 1.07 bits per heavy atom. The van der Waals surface area contributed by atoms with E-state index in [1.165, 1.54) is 12.1 Å². The Kier molecular flexibility index (Phi) is 8.57. The summed E-state index contributed by atoms with van der Waals surface area (Å²) in [6, 6.07) is 15.9. The summed E-state index contributed by atoms with van der Waals surface area (Å²) in [4.78, 5) is 15.5. The van der Waals surface area contributed by atoms with Gasteiger partial charge in [0.25, 0.3) is 0 Å². The van der Waals surface area contributed by atoms with Gasteiger partial charge in [0.05, 0.1) is 47.2 Å². The van der Waals surface area contributed by atoms with Crippen LogP contribution in [0.4, 0.5) is 10.1 Å². The van der Waals surface area contributed by atoms with Crippen LogP contribution in [-0.2, 0) is 21.2 Å². The van der Waals surface area contributed by atoms with Crippen LogP contribution >= 0.6 is 0 Å². The van der Waals surface area contributed by atoms with Crippen molar-refractivity contribution in [2.75, 3.05) is 29.5 Å². The Morgan fingerprint density at radius 2 is 1.71 bits per heavy atom. The van der Waals surface area contributed by atoms with Crippen molar-refractivity contribution in [1.82, 2.24) is 9.78 Å². The lowest BCUT2D eigenvalue weighted by Crippen LogP contribution is -2.40. The topological polar surface area (TPSA) is 116 Å². The second-order valence-electron chi connectivity index (χ2n) is 11.1. The fraction of sp³-hybridized carbons (Fsp3) is 0.452. The maximum atomic E-state index is 13.8. The molecule has 2 fully saturated rings. The van der Waals surface area contributed by atoms with Crippen molar-refractivity contribution in [3.63, 3.8) is 0 Å². The van der Waals surface area contributed by atoms with Crippen LogP contribution in [0.2, 0.25) is 0 Å². The van der Waals surface area contributed by atoms with Gasteiger partial charge in [-0.15, -0.1) is 0 Å². The van der Waals surface area contributed by atoms with Gasteiger partial charge >= 0.3 is 0 Å². The summed E-state index contributed by atoms with van der Waals surface area (Å²) >= 11 is 0. The van der Waals surface area contributed by atoms with E-state index >= 15 is 0 Å². The number of halogens is 1. The molecular formula is C31H35FN4O4S. The molecule has 41 heavy (non-hydrogen) atoms.